The maximum absolute atomic E-state index is 12.7. The van der Waals surface area contributed by atoms with Crippen molar-refractivity contribution in [1.29, 1.82) is 0 Å². The molecule has 0 radical (unpaired) electrons. The SMILES string of the molecule is Cc1ccc(C)c(S(=O)(=O)NCC(C(C)C)N2CCOCC2)c1. The number of morpholine rings is 1. The molecule has 23 heavy (non-hydrogen) atoms. The molecule has 0 saturated carbocycles. The highest BCUT2D eigenvalue weighted by atomic mass is 32.2. The van der Waals surface area contributed by atoms with Gasteiger partial charge >= 0.3 is 0 Å². The van der Waals surface area contributed by atoms with E-state index in [1.165, 1.54) is 0 Å². The van der Waals surface area contributed by atoms with E-state index in [0.29, 0.717) is 30.6 Å². The molecule has 0 amide bonds. The second-order valence-corrected chi connectivity index (χ2v) is 8.32. The van der Waals surface area contributed by atoms with Crippen LogP contribution in [0.1, 0.15) is 25.0 Å². The summed E-state index contributed by atoms with van der Waals surface area (Å²) in [4.78, 5) is 2.70. The van der Waals surface area contributed by atoms with Gasteiger partial charge in [0.05, 0.1) is 18.1 Å². The maximum atomic E-state index is 12.7. The lowest BCUT2D eigenvalue weighted by Gasteiger charge is -2.36. The number of benzene rings is 1. The van der Waals surface area contributed by atoms with Crippen molar-refractivity contribution in [3.8, 4) is 0 Å². The van der Waals surface area contributed by atoms with Crippen LogP contribution in [0.25, 0.3) is 0 Å². The summed E-state index contributed by atoms with van der Waals surface area (Å²) in [5.74, 6) is 0.370. The minimum absolute atomic E-state index is 0.179. The number of hydrogen-bond acceptors (Lipinski definition) is 4. The lowest BCUT2D eigenvalue weighted by Crippen LogP contribution is -2.51. The summed E-state index contributed by atoms with van der Waals surface area (Å²) in [6.45, 7) is 11.6. The fraction of sp³-hybridized carbons (Fsp3) is 0.647. The van der Waals surface area contributed by atoms with Gasteiger partial charge in [0, 0.05) is 25.7 Å². The molecule has 5 nitrogen and oxygen atoms in total. The third-order valence-electron chi connectivity index (χ3n) is 4.40. The van der Waals surface area contributed by atoms with Crippen LogP contribution in [0.4, 0.5) is 0 Å². The Bertz CT molecular complexity index is 623. The topological polar surface area (TPSA) is 58.6 Å². The van der Waals surface area contributed by atoms with E-state index in [1.54, 1.807) is 6.07 Å². The first-order valence-corrected chi connectivity index (χ1v) is 9.68. The molecular formula is C17H28N2O3S. The van der Waals surface area contributed by atoms with E-state index in [9.17, 15) is 8.42 Å². The van der Waals surface area contributed by atoms with Crippen LogP contribution in [0.3, 0.4) is 0 Å². The van der Waals surface area contributed by atoms with Crippen LogP contribution in [0.2, 0.25) is 0 Å². The van der Waals surface area contributed by atoms with E-state index in [2.05, 4.69) is 23.5 Å². The lowest BCUT2D eigenvalue weighted by molar-refractivity contribution is 0.00776. The van der Waals surface area contributed by atoms with Gasteiger partial charge in [0.25, 0.3) is 0 Å². The van der Waals surface area contributed by atoms with Crippen molar-refractivity contribution < 1.29 is 13.2 Å². The highest BCUT2D eigenvalue weighted by molar-refractivity contribution is 7.89. The molecule has 0 aliphatic carbocycles. The Balaban J connectivity index is 2.11. The second-order valence-electron chi connectivity index (χ2n) is 6.58. The molecule has 1 atom stereocenters. The maximum Gasteiger partial charge on any atom is 0.240 e. The number of hydrogen-bond donors (Lipinski definition) is 1. The summed E-state index contributed by atoms with van der Waals surface area (Å²) in [6.07, 6.45) is 0. The smallest absolute Gasteiger partial charge is 0.240 e. The fourth-order valence-electron chi connectivity index (χ4n) is 2.97. The molecule has 6 heteroatoms. The van der Waals surface area contributed by atoms with Gasteiger partial charge in [-0.25, -0.2) is 13.1 Å². The van der Waals surface area contributed by atoms with Gasteiger partial charge in [-0.05, 0) is 37.0 Å². The molecule has 1 heterocycles. The number of nitrogens with one attached hydrogen (secondary N) is 1. The van der Waals surface area contributed by atoms with Gasteiger partial charge in [-0.1, -0.05) is 26.0 Å². The molecule has 1 aromatic carbocycles. The molecule has 1 aromatic rings. The Morgan fingerprint density at radius 1 is 1.22 bits per heavy atom. The first kappa shape index (κ1) is 18.4. The average Bonchev–Trinajstić information content (AvgIpc) is 2.50. The Labute approximate surface area is 140 Å². The van der Waals surface area contributed by atoms with E-state index < -0.39 is 10.0 Å². The largest absolute Gasteiger partial charge is 0.379 e. The van der Waals surface area contributed by atoms with Crippen LogP contribution in [-0.2, 0) is 14.8 Å². The van der Waals surface area contributed by atoms with E-state index in [4.69, 9.17) is 4.74 Å². The van der Waals surface area contributed by atoms with E-state index in [1.807, 2.05) is 26.0 Å². The van der Waals surface area contributed by atoms with Crippen LogP contribution in [0.15, 0.2) is 23.1 Å². The van der Waals surface area contributed by atoms with Gasteiger partial charge in [-0.3, -0.25) is 4.90 Å². The zero-order valence-electron chi connectivity index (χ0n) is 14.5. The number of rotatable bonds is 6. The average molecular weight is 340 g/mol. The quantitative estimate of drug-likeness (QED) is 0.860. The number of nitrogens with zero attached hydrogens (tertiary/aromatic N) is 1. The van der Waals surface area contributed by atoms with Crippen LogP contribution >= 0.6 is 0 Å². The summed E-state index contributed by atoms with van der Waals surface area (Å²) in [6, 6.07) is 5.69. The van der Waals surface area contributed by atoms with E-state index >= 15 is 0 Å². The van der Waals surface area contributed by atoms with Gasteiger partial charge in [-0.2, -0.15) is 0 Å². The Kier molecular flexibility index (Phi) is 6.19. The molecule has 0 spiro atoms. The van der Waals surface area contributed by atoms with Crippen molar-refractivity contribution in [3.63, 3.8) is 0 Å². The van der Waals surface area contributed by atoms with Crippen molar-refractivity contribution in [1.82, 2.24) is 9.62 Å². The normalized spacial score (nSPS) is 18.3. The van der Waals surface area contributed by atoms with Gasteiger partial charge < -0.3 is 4.74 Å². The van der Waals surface area contributed by atoms with Crippen LogP contribution in [-0.4, -0.2) is 52.2 Å². The van der Waals surface area contributed by atoms with Crippen LogP contribution < -0.4 is 4.72 Å². The molecule has 1 aliphatic heterocycles. The summed E-state index contributed by atoms with van der Waals surface area (Å²) in [5.41, 5.74) is 1.72. The van der Waals surface area contributed by atoms with E-state index in [0.717, 1.165) is 24.2 Å². The molecule has 1 N–H and O–H groups in total. The predicted octanol–water partition coefficient (Wildman–Crippen LogP) is 1.94. The van der Waals surface area contributed by atoms with Crippen molar-refractivity contribution >= 4 is 10.0 Å². The number of ether oxygens (including phenoxy) is 1. The predicted molar refractivity (Wildman–Crippen MR) is 92.1 cm³/mol. The number of sulfonamides is 1. The number of aryl methyl sites for hydroxylation is 2. The van der Waals surface area contributed by atoms with Crippen LogP contribution in [0, 0.1) is 19.8 Å². The highest BCUT2D eigenvalue weighted by Gasteiger charge is 2.26. The fourth-order valence-corrected chi connectivity index (χ4v) is 4.34. The second kappa shape index (κ2) is 7.75. The molecule has 0 bridgehead atoms. The molecule has 1 aliphatic rings. The Hall–Kier alpha value is -0.950. The molecule has 0 aromatic heterocycles. The molecule has 1 unspecified atom stereocenters. The third kappa shape index (κ3) is 4.76. The zero-order chi connectivity index (χ0) is 17.0. The molecule has 130 valence electrons. The zero-order valence-corrected chi connectivity index (χ0v) is 15.3. The van der Waals surface area contributed by atoms with Gasteiger partial charge in [0.1, 0.15) is 0 Å². The minimum atomic E-state index is -3.49. The molecular weight excluding hydrogens is 312 g/mol. The van der Waals surface area contributed by atoms with Gasteiger partial charge in [0.15, 0.2) is 0 Å². The standard InChI is InChI=1S/C17H28N2O3S/c1-13(2)16(19-7-9-22-10-8-19)12-18-23(20,21)17-11-14(3)5-6-15(17)4/h5-6,11,13,16,18H,7-10,12H2,1-4H3. The van der Waals surface area contributed by atoms with Crippen molar-refractivity contribution in [2.75, 3.05) is 32.8 Å². The molecule has 1 saturated heterocycles. The van der Waals surface area contributed by atoms with Gasteiger partial charge in [0.2, 0.25) is 10.0 Å². The first-order chi connectivity index (χ1) is 10.8. The monoisotopic (exact) mass is 340 g/mol. The third-order valence-corrected chi connectivity index (χ3v) is 5.97. The van der Waals surface area contributed by atoms with Crippen molar-refractivity contribution in [2.45, 2.75) is 38.6 Å². The summed E-state index contributed by atoms with van der Waals surface area (Å²) < 4.78 is 33.5. The summed E-state index contributed by atoms with van der Waals surface area (Å²) >= 11 is 0. The van der Waals surface area contributed by atoms with Crippen molar-refractivity contribution in [3.05, 3.63) is 29.3 Å². The van der Waals surface area contributed by atoms with Crippen LogP contribution in [0.5, 0.6) is 0 Å². The highest BCUT2D eigenvalue weighted by Crippen LogP contribution is 2.18. The lowest BCUT2D eigenvalue weighted by atomic mass is 10.0. The molecule has 1 fully saturated rings. The minimum Gasteiger partial charge on any atom is -0.379 e. The van der Waals surface area contributed by atoms with Gasteiger partial charge in [-0.15, -0.1) is 0 Å². The summed E-state index contributed by atoms with van der Waals surface area (Å²) in [5, 5.41) is 0. The summed E-state index contributed by atoms with van der Waals surface area (Å²) in [7, 11) is -3.49. The van der Waals surface area contributed by atoms with E-state index in [-0.39, 0.29) is 6.04 Å². The molecule has 2 rings (SSSR count). The Morgan fingerprint density at radius 3 is 2.48 bits per heavy atom. The van der Waals surface area contributed by atoms with Crippen molar-refractivity contribution in [2.24, 2.45) is 5.92 Å². The first-order valence-electron chi connectivity index (χ1n) is 8.20. The Morgan fingerprint density at radius 2 is 1.87 bits per heavy atom.